The van der Waals surface area contributed by atoms with Crippen LogP contribution in [0.25, 0.3) is 0 Å². The minimum absolute atomic E-state index is 0.0679. The summed E-state index contributed by atoms with van der Waals surface area (Å²) in [5.41, 5.74) is 0.754. The van der Waals surface area contributed by atoms with Gasteiger partial charge in [-0.2, -0.15) is 0 Å². The number of hydrogen-bond donors (Lipinski definition) is 1. The van der Waals surface area contributed by atoms with E-state index in [0.717, 1.165) is 17.9 Å². The van der Waals surface area contributed by atoms with E-state index < -0.39 is 0 Å². The average Bonchev–Trinajstić information content (AvgIpc) is 2.26. The van der Waals surface area contributed by atoms with Gasteiger partial charge in [-0.3, -0.25) is 0 Å². The molecule has 0 saturated carbocycles. The van der Waals surface area contributed by atoms with Gasteiger partial charge in [0.2, 0.25) is 0 Å². The highest BCUT2D eigenvalue weighted by Gasteiger charge is 2.12. The van der Waals surface area contributed by atoms with Crippen LogP contribution in [0.15, 0.2) is 24.3 Å². The fraction of sp³-hybridized carbons (Fsp3) is 0.600. The van der Waals surface area contributed by atoms with Crippen molar-refractivity contribution in [3.05, 3.63) is 35.6 Å². The maximum Gasteiger partial charge on any atom is 0.127 e. The monoisotopic (exact) mass is 237 g/mol. The van der Waals surface area contributed by atoms with Crippen LogP contribution in [0.2, 0.25) is 0 Å². The van der Waals surface area contributed by atoms with E-state index in [0.29, 0.717) is 6.04 Å². The van der Waals surface area contributed by atoms with Gasteiger partial charge < -0.3 is 5.32 Å². The molecule has 0 saturated heterocycles. The summed E-state index contributed by atoms with van der Waals surface area (Å²) >= 11 is 0. The summed E-state index contributed by atoms with van der Waals surface area (Å²) in [5, 5.41) is 3.45. The first-order valence-corrected chi connectivity index (χ1v) is 6.51. The van der Waals surface area contributed by atoms with E-state index in [4.69, 9.17) is 0 Å². The lowest BCUT2D eigenvalue weighted by Gasteiger charge is -2.21. The lowest BCUT2D eigenvalue weighted by Crippen LogP contribution is -2.29. The van der Waals surface area contributed by atoms with E-state index in [9.17, 15) is 4.39 Å². The highest BCUT2D eigenvalue weighted by Crippen LogP contribution is 2.17. The van der Waals surface area contributed by atoms with Crippen molar-refractivity contribution in [2.24, 2.45) is 5.92 Å². The standard InChI is InChI=1S/C15H24FN/c1-11(2)9-10-12(3)17-13(4)14-7-5-6-8-15(14)16/h5-8,11-13,17H,9-10H2,1-4H3. The van der Waals surface area contributed by atoms with E-state index in [1.807, 2.05) is 19.1 Å². The van der Waals surface area contributed by atoms with Crippen molar-refractivity contribution >= 4 is 0 Å². The van der Waals surface area contributed by atoms with Crippen molar-refractivity contribution in [2.45, 2.75) is 52.6 Å². The molecule has 0 heterocycles. The molecular formula is C15H24FN. The van der Waals surface area contributed by atoms with Gasteiger partial charge in [0.25, 0.3) is 0 Å². The highest BCUT2D eigenvalue weighted by molar-refractivity contribution is 5.20. The van der Waals surface area contributed by atoms with Crippen molar-refractivity contribution in [1.82, 2.24) is 5.32 Å². The fourth-order valence-corrected chi connectivity index (χ4v) is 2.01. The number of rotatable bonds is 6. The normalized spacial score (nSPS) is 14.9. The third-order valence-corrected chi connectivity index (χ3v) is 3.08. The maximum atomic E-state index is 13.6. The van der Waals surface area contributed by atoms with Crippen LogP contribution < -0.4 is 5.32 Å². The zero-order chi connectivity index (χ0) is 12.8. The topological polar surface area (TPSA) is 12.0 Å². The van der Waals surface area contributed by atoms with Crippen LogP contribution in [0.1, 0.15) is 52.1 Å². The van der Waals surface area contributed by atoms with Gasteiger partial charge in [-0.25, -0.2) is 4.39 Å². The zero-order valence-corrected chi connectivity index (χ0v) is 11.3. The van der Waals surface area contributed by atoms with Gasteiger partial charge in [-0.15, -0.1) is 0 Å². The Kier molecular flexibility index (Phi) is 5.63. The molecule has 0 spiro atoms. The molecule has 96 valence electrons. The first-order chi connectivity index (χ1) is 8.00. The molecule has 1 N–H and O–H groups in total. The van der Waals surface area contributed by atoms with Crippen LogP contribution in [0, 0.1) is 11.7 Å². The van der Waals surface area contributed by atoms with Gasteiger partial charge in [0.15, 0.2) is 0 Å². The molecule has 0 aliphatic heterocycles. The third kappa shape index (κ3) is 4.86. The van der Waals surface area contributed by atoms with Gasteiger partial charge >= 0.3 is 0 Å². The Labute approximate surface area is 104 Å². The molecule has 0 aromatic heterocycles. The Morgan fingerprint density at radius 2 is 1.71 bits per heavy atom. The molecule has 0 bridgehead atoms. The fourth-order valence-electron chi connectivity index (χ4n) is 2.01. The second kappa shape index (κ2) is 6.75. The van der Waals surface area contributed by atoms with E-state index in [1.54, 1.807) is 6.07 Å². The molecule has 0 radical (unpaired) electrons. The van der Waals surface area contributed by atoms with E-state index >= 15 is 0 Å². The first kappa shape index (κ1) is 14.2. The molecule has 2 atom stereocenters. The van der Waals surface area contributed by atoms with Gasteiger partial charge in [0.05, 0.1) is 0 Å². The summed E-state index contributed by atoms with van der Waals surface area (Å²) in [5.74, 6) is 0.603. The number of benzene rings is 1. The van der Waals surface area contributed by atoms with Crippen LogP contribution in [0.4, 0.5) is 4.39 Å². The molecule has 1 aromatic carbocycles. The van der Waals surface area contributed by atoms with E-state index in [2.05, 4.69) is 26.1 Å². The van der Waals surface area contributed by atoms with E-state index in [1.165, 1.54) is 12.5 Å². The molecule has 2 unspecified atom stereocenters. The maximum absolute atomic E-state index is 13.6. The minimum Gasteiger partial charge on any atom is -0.308 e. The molecule has 0 fully saturated rings. The largest absolute Gasteiger partial charge is 0.308 e. The molecule has 1 rings (SSSR count). The van der Waals surface area contributed by atoms with Crippen LogP contribution in [-0.2, 0) is 0 Å². The van der Waals surface area contributed by atoms with Gasteiger partial charge in [0, 0.05) is 17.6 Å². The molecule has 1 aromatic rings. The van der Waals surface area contributed by atoms with Crippen molar-refractivity contribution in [2.75, 3.05) is 0 Å². The molecule has 0 aliphatic carbocycles. The summed E-state index contributed by atoms with van der Waals surface area (Å²) in [6.45, 7) is 8.64. The summed E-state index contributed by atoms with van der Waals surface area (Å²) in [4.78, 5) is 0. The predicted octanol–water partition coefficient (Wildman–Crippen LogP) is 4.30. The molecule has 17 heavy (non-hydrogen) atoms. The summed E-state index contributed by atoms with van der Waals surface area (Å²) in [6.07, 6.45) is 2.34. The zero-order valence-electron chi connectivity index (χ0n) is 11.3. The van der Waals surface area contributed by atoms with Crippen LogP contribution in [0.3, 0.4) is 0 Å². The number of hydrogen-bond acceptors (Lipinski definition) is 1. The molecule has 2 heteroatoms. The lowest BCUT2D eigenvalue weighted by molar-refractivity contribution is 0.410. The van der Waals surface area contributed by atoms with Crippen molar-refractivity contribution in [3.63, 3.8) is 0 Å². The van der Waals surface area contributed by atoms with E-state index in [-0.39, 0.29) is 11.9 Å². The second-order valence-corrected chi connectivity index (χ2v) is 5.28. The van der Waals surface area contributed by atoms with Crippen LogP contribution in [0.5, 0.6) is 0 Å². The van der Waals surface area contributed by atoms with Crippen LogP contribution >= 0.6 is 0 Å². The first-order valence-electron chi connectivity index (χ1n) is 6.51. The van der Waals surface area contributed by atoms with Crippen LogP contribution in [-0.4, -0.2) is 6.04 Å². The van der Waals surface area contributed by atoms with Gasteiger partial charge in [-0.1, -0.05) is 32.0 Å². The summed E-state index contributed by atoms with van der Waals surface area (Å²) < 4.78 is 13.6. The quantitative estimate of drug-likeness (QED) is 0.777. The summed E-state index contributed by atoms with van der Waals surface area (Å²) in [7, 11) is 0. The van der Waals surface area contributed by atoms with Gasteiger partial charge in [-0.05, 0) is 38.7 Å². The molecular weight excluding hydrogens is 213 g/mol. The molecule has 0 amide bonds. The Bertz CT molecular complexity index is 335. The predicted molar refractivity (Wildman–Crippen MR) is 71.5 cm³/mol. The lowest BCUT2D eigenvalue weighted by atomic mass is 10.0. The van der Waals surface area contributed by atoms with Gasteiger partial charge in [0.1, 0.15) is 5.82 Å². The SMILES string of the molecule is CC(C)CCC(C)NC(C)c1ccccc1F. The Morgan fingerprint density at radius 3 is 2.29 bits per heavy atom. The van der Waals surface area contributed by atoms with Crippen molar-refractivity contribution < 1.29 is 4.39 Å². The Hall–Kier alpha value is -0.890. The Morgan fingerprint density at radius 1 is 1.06 bits per heavy atom. The third-order valence-electron chi connectivity index (χ3n) is 3.08. The smallest absolute Gasteiger partial charge is 0.127 e. The number of halogens is 1. The average molecular weight is 237 g/mol. The molecule has 0 aliphatic rings. The highest BCUT2D eigenvalue weighted by atomic mass is 19.1. The molecule has 1 nitrogen and oxygen atoms in total. The summed E-state index contributed by atoms with van der Waals surface area (Å²) in [6, 6.07) is 7.47. The Balaban J connectivity index is 2.49. The second-order valence-electron chi connectivity index (χ2n) is 5.28. The van der Waals surface area contributed by atoms with Crippen molar-refractivity contribution in [1.29, 1.82) is 0 Å². The minimum atomic E-state index is -0.122. The van der Waals surface area contributed by atoms with Crippen molar-refractivity contribution in [3.8, 4) is 0 Å². The number of nitrogens with one attached hydrogen (secondary N) is 1.